The summed E-state index contributed by atoms with van der Waals surface area (Å²) in [4.78, 5) is 20.8. The zero-order valence-corrected chi connectivity index (χ0v) is 34.9. The number of benzene rings is 6. The van der Waals surface area contributed by atoms with Crippen LogP contribution in [-0.2, 0) is 24.9 Å². The van der Waals surface area contributed by atoms with Crippen LogP contribution in [0.3, 0.4) is 0 Å². The summed E-state index contributed by atoms with van der Waals surface area (Å²) in [6.45, 7) is 8.07. The van der Waals surface area contributed by atoms with Gasteiger partial charge < -0.3 is 5.11 Å². The molecular formula is C51H48IrN2O2-2. The number of aliphatic hydroxyl groups is 1. The predicted molar refractivity (Wildman–Crippen MR) is 231 cm³/mol. The summed E-state index contributed by atoms with van der Waals surface area (Å²) >= 11 is 0. The summed E-state index contributed by atoms with van der Waals surface area (Å²) in [6.07, 6.45) is 8.63. The van der Waals surface area contributed by atoms with Gasteiger partial charge in [0, 0.05) is 61.8 Å². The molecule has 0 spiro atoms. The number of aromatic nitrogens is 2. The van der Waals surface area contributed by atoms with Crippen LogP contribution >= 0.6 is 0 Å². The molecule has 0 aliphatic heterocycles. The van der Waals surface area contributed by atoms with Crippen LogP contribution in [0.15, 0.2) is 158 Å². The second-order valence-corrected chi connectivity index (χ2v) is 13.7. The molecule has 0 fully saturated rings. The van der Waals surface area contributed by atoms with E-state index in [2.05, 4.69) is 119 Å². The molecule has 0 atom stereocenters. The average molecular weight is 913 g/mol. The van der Waals surface area contributed by atoms with Gasteiger partial charge in [-0.1, -0.05) is 135 Å². The number of ketones is 1. The van der Waals surface area contributed by atoms with Gasteiger partial charge in [0.25, 0.3) is 0 Å². The zero-order valence-electron chi connectivity index (χ0n) is 32.5. The minimum absolute atomic E-state index is 0. The molecule has 0 saturated carbocycles. The summed E-state index contributed by atoms with van der Waals surface area (Å²) in [7, 11) is 0. The van der Waals surface area contributed by atoms with Crippen LogP contribution in [0.4, 0.5) is 0 Å². The second-order valence-electron chi connectivity index (χ2n) is 13.7. The Morgan fingerprint density at radius 1 is 0.536 bits per heavy atom. The van der Waals surface area contributed by atoms with Gasteiger partial charge >= 0.3 is 0 Å². The third-order valence-corrected chi connectivity index (χ3v) is 10.3. The van der Waals surface area contributed by atoms with Crippen molar-refractivity contribution in [1.82, 2.24) is 9.97 Å². The topological polar surface area (TPSA) is 63.1 Å². The molecule has 0 bridgehead atoms. The fraction of sp³-hybridized carbons (Fsp3) is 0.196. The van der Waals surface area contributed by atoms with Crippen LogP contribution in [-0.4, -0.2) is 20.9 Å². The molecule has 0 unspecified atom stereocenters. The molecule has 6 aromatic carbocycles. The van der Waals surface area contributed by atoms with Gasteiger partial charge in [0.15, 0.2) is 5.78 Å². The maximum absolute atomic E-state index is 11.7. The number of pyridine rings is 2. The summed E-state index contributed by atoms with van der Waals surface area (Å²) < 4.78 is 0. The quantitative estimate of drug-likeness (QED) is 0.0890. The van der Waals surface area contributed by atoms with E-state index in [-0.39, 0.29) is 43.5 Å². The first kappa shape index (κ1) is 41.7. The molecule has 0 amide bonds. The van der Waals surface area contributed by atoms with Crippen molar-refractivity contribution in [2.45, 2.75) is 53.4 Å². The molecule has 0 aliphatic rings. The number of allylic oxidation sites excluding steroid dienone is 2. The number of rotatable bonds is 9. The zero-order chi connectivity index (χ0) is 38.6. The largest absolute Gasteiger partial charge is 0.512 e. The fourth-order valence-corrected chi connectivity index (χ4v) is 6.96. The van der Waals surface area contributed by atoms with Crippen LogP contribution in [0.1, 0.15) is 53.4 Å². The number of carbonyl (C=O) groups excluding carboxylic acids is 1. The van der Waals surface area contributed by atoms with E-state index >= 15 is 0 Å². The van der Waals surface area contributed by atoms with E-state index in [0.717, 1.165) is 59.0 Å². The van der Waals surface area contributed by atoms with Crippen molar-refractivity contribution in [2.75, 3.05) is 0 Å². The van der Waals surface area contributed by atoms with Crippen LogP contribution in [0.5, 0.6) is 0 Å². The van der Waals surface area contributed by atoms with Crippen molar-refractivity contribution in [2.24, 2.45) is 11.8 Å². The van der Waals surface area contributed by atoms with Crippen molar-refractivity contribution in [3.63, 3.8) is 0 Å². The van der Waals surface area contributed by atoms with Crippen molar-refractivity contribution in [3.8, 4) is 22.5 Å². The SMILES string of the molecule is CCC(CC)C(=O)/C=C(\O)C(CC)CC.[Ir].[c-]1c(-c2nccc3ccccc23)ccc2ccccc12.[c-]1c(-c2nccc3ccccc23)ccc2ccccc12. The van der Waals surface area contributed by atoms with Crippen LogP contribution in [0.2, 0.25) is 0 Å². The molecule has 0 saturated heterocycles. The summed E-state index contributed by atoms with van der Waals surface area (Å²) in [5, 5.41) is 19.2. The van der Waals surface area contributed by atoms with E-state index in [4.69, 9.17) is 0 Å². The van der Waals surface area contributed by atoms with Crippen LogP contribution in [0, 0.1) is 24.0 Å². The molecule has 1 N–H and O–H groups in total. The van der Waals surface area contributed by atoms with Crippen LogP contribution in [0.25, 0.3) is 65.6 Å². The Hall–Kier alpha value is -5.48. The van der Waals surface area contributed by atoms with Crippen molar-refractivity contribution in [1.29, 1.82) is 0 Å². The van der Waals surface area contributed by atoms with E-state index in [1.165, 1.54) is 38.4 Å². The minimum atomic E-state index is 0. The average Bonchev–Trinajstić information content (AvgIpc) is 3.24. The van der Waals surface area contributed by atoms with Gasteiger partial charge in [-0.3, -0.25) is 14.8 Å². The van der Waals surface area contributed by atoms with Gasteiger partial charge in [-0.2, -0.15) is 0 Å². The van der Waals surface area contributed by atoms with Gasteiger partial charge in [-0.15, -0.1) is 59.3 Å². The van der Waals surface area contributed by atoms with Crippen molar-refractivity contribution in [3.05, 3.63) is 170 Å². The maximum atomic E-state index is 11.7. The Balaban J connectivity index is 0.000000162. The standard InChI is InChI=1S/2C19H12N.C13H24O2.Ir/c2*1-2-7-16-13-17(10-9-14(16)5-1)19-18-8-4-3-6-15(18)11-12-20-19;1-5-10(6-2)12(14)9-13(15)11(7-3)8-4;/h2*1-12H;9-11,14H,5-8H2,1-4H3;/q2*-1;;/b;;12-9-;. The molecule has 285 valence electrons. The number of hydrogen-bond acceptors (Lipinski definition) is 4. The molecule has 8 rings (SSSR count). The molecule has 1 radical (unpaired) electrons. The Morgan fingerprint density at radius 2 is 0.929 bits per heavy atom. The third-order valence-electron chi connectivity index (χ3n) is 10.3. The smallest absolute Gasteiger partial charge is 0.162 e. The summed E-state index contributed by atoms with van der Waals surface area (Å²) in [5.74, 6) is 0.547. The first-order chi connectivity index (χ1) is 26.9. The molecular weight excluding hydrogens is 865 g/mol. The van der Waals surface area contributed by atoms with E-state index in [9.17, 15) is 9.90 Å². The summed E-state index contributed by atoms with van der Waals surface area (Å²) in [6, 6.07) is 52.7. The van der Waals surface area contributed by atoms with Gasteiger partial charge in [0.2, 0.25) is 0 Å². The normalized spacial score (nSPS) is 11.2. The Bertz CT molecular complexity index is 2390. The van der Waals surface area contributed by atoms with Crippen LogP contribution < -0.4 is 0 Å². The maximum Gasteiger partial charge on any atom is 0.162 e. The number of nitrogens with zero attached hydrogens (tertiary/aromatic N) is 2. The van der Waals surface area contributed by atoms with Gasteiger partial charge in [0.1, 0.15) is 0 Å². The fourth-order valence-electron chi connectivity index (χ4n) is 6.96. The Labute approximate surface area is 344 Å². The molecule has 2 heterocycles. The predicted octanol–water partition coefficient (Wildman–Crippen LogP) is 13.6. The first-order valence-corrected chi connectivity index (χ1v) is 19.4. The van der Waals surface area contributed by atoms with Gasteiger partial charge in [-0.25, -0.2) is 0 Å². The summed E-state index contributed by atoms with van der Waals surface area (Å²) in [5.41, 5.74) is 4.07. The van der Waals surface area contributed by atoms with E-state index in [1.54, 1.807) is 0 Å². The monoisotopic (exact) mass is 913 g/mol. The van der Waals surface area contributed by atoms with Crippen molar-refractivity contribution < 1.29 is 30.0 Å². The molecule has 0 aliphatic carbocycles. The number of aliphatic hydroxyl groups excluding tert-OH is 1. The second kappa shape index (κ2) is 20.4. The molecule has 56 heavy (non-hydrogen) atoms. The van der Waals surface area contributed by atoms with E-state index < -0.39 is 0 Å². The molecule has 4 nitrogen and oxygen atoms in total. The molecule has 2 aromatic heterocycles. The third kappa shape index (κ3) is 10.0. The van der Waals surface area contributed by atoms with E-state index in [0.29, 0.717) is 0 Å². The van der Waals surface area contributed by atoms with Gasteiger partial charge in [0.05, 0.1) is 5.76 Å². The van der Waals surface area contributed by atoms with Crippen molar-refractivity contribution >= 4 is 48.9 Å². The molecule has 8 aromatic rings. The van der Waals surface area contributed by atoms with Gasteiger partial charge in [-0.05, 0) is 59.4 Å². The Morgan fingerprint density at radius 3 is 1.36 bits per heavy atom. The Kier molecular flexibility index (Phi) is 15.2. The number of fused-ring (bicyclic) bond motifs is 4. The minimum Gasteiger partial charge on any atom is -0.512 e. The molecule has 5 heteroatoms. The number of hydrogen-bond donors (Lipinski definition) is 1. The number of carbonyl (C=O) groups is 1. The van der Waals surface area contributed by atoms with E-state index in [1.807, 2.05) is 76.5 Å². The first-order valence-electron chi connectivity index (χ1n) is 19.4.